The minimum Gasteiger partial charge on any atom is -0.406 e. The third kappa shape index (κ3) is 4.03. The molecule has 1 saturated heterocycles. The Morgan fingerprint density at radius 1 is 1.20 bits per heavy atom. The van der Waals surface area contributed by atoms with Gasteiger partial charge in [0.2, 0.25) is 0 Å². The fourth-order valence-corrected chi connectivity index (χ4v) is 2.23. The van der Waals surface area contributed by atoms with Crippen molar-refractivity contribution in [3.63, 3.8) is 0 Å². The third-order valence-electron chi connectivity index (χ3n) is 3.05. The van der Waals surface area contributed by atoms with Crippen molar-refractivity contribution in [3.05, 3.63) is 29.8 Å². The number of halogens is 4. The van der Waals surface area contributed by atoms with Crippen molar-refractivity contribution in [2.24, 2.45) is 0 Å². The van der Waals surface area contributed by atoms with E-state index in [4.69, 9.17) is 11.6 Å². The molecule has 0 atom stereocenters. The highest BCUT2D eigenvalue weighted by Gasteiger charge is 2.31. The molecule has 1 amide bonds. The van der Waals surface area contributed by atoms with Gasteiger partial charge in [-0.15, -0.1) is 24.8 Å². The molecule has 0 aliphatic carbocycles. The normalized spacial score (nSPS) is 17.1. The molecule has 0 aromatic heterocycles. The molecule has 0 spiro atoms. The van der Waals surface area contributed by atoms with E-state index in [1.807, 2.05) is 0 Å². The summed E-state index contributed by atoms with van der Waals surface area (Å²) in [5.74, 6) is -0.541. The van der Waals surface area contributed by atoms with E-state index in [0.717, 1.165) is 25.0 Å². The van der Waals surface area contributed by atoms with Gasteiger partial charge < -0.3 is 9.64 Å². The molecule has 1 aromatic carbocycles. The van der Waals surface area contributed by atoms with E-state index in [0.29, 0.717) is 18.7 Å². The zero-order chi connectivity index (χ0) is 14.8. The summed E-state index contributed by atoms with van der Waals surface area (Å²) < 4.78 is 39.8. The lowest BCUT2D eigenvalue weighted by Gasteiger charge is -2.29. The molecular formula is C13H13ClF3NO2. The summed E-state index contributed by atoms with van der Waals surface area (Å²) in [6, 6.07) is 4.93. The van der Waals surface area contributed by atoms with Crippen LogP contribution in [0.4, 0.5) is 13.2 Å². The number of benzene rings is 1. The van der Waals surface area contributed by atoms with Crippen LogP contribution in [0.15, 0.2) is 24.3 Å². The number of piperidine rings is 1. The van der Waals surface area contributed by atoms with Crippen LogP contribution in [0.2, 0.25) is 0 Å². The largest absolute Gasteiger partial charge is 0.573 e. The fourth-order valence-electron chi connectivity index (χ4n) is 2.03. The monoisotopic (exact) mass is 307 g/mol. The third-order valence-corrected chi connectivity index (χ3v) is 3.48. The Morgan fingerprint density at radius 2 is 1.75 bits per heavy atom. The van der Waals surface area contributed by atoms with Crippen LogP contribution < -0.4 is 4.74 Å². The number of nitrogens with zero attached hydrogens (tertiary/aromatic N) is 1. The molecule has 110 valence electrons. The highest BCUT2D eigenvalue weighted by atomic mass is 35.5. The van der Waals surface area contributed by atoms with Gasteiger partial charge in [0, 0.05) is 24.0 Å². The van der Waals surface area contributed by atoms with Crippen LogP contribution in [-0.4, -0.2) is 35.6 Å². The summed E-state index contributed by atoms with van der Waals surface area (Å²) in [6.07, 6.45) is -3.28. The molecule has 1 fully saturated rings. The van der Waals surface area contributed by atoms with Crippen LogP contribution >= 0.6 is 11.6 Å². The lowest BCUT2D eigenvalue weighted by molar-refractivity contribution is -0.274. The number of carbonyl (C=O) groups excluding carboxylic acids is 1. The fraction of sp³-hybridized carbons (Fsp3) is 0.462. The molecule has 20 heavy (non-hydrogen) atoms. The summed E-state index contributed by atoms with van der Waals surface area (Å²) in [4.78, 5) is 13.8. The molecule has 1 aromatic rings. The summed E-state index contributed by atoms with van der Waals surface area (Å²) in [5.41, 5.74) is 0.340. The van der Waals surface area contributed by atoms with E-state index in [2.05, 4.69) is 4.74 Å². The number of likely N-dealkylation sites (tertiary alicyclic amines) is 1. The molecule has 0 radical (unpaired) electrons. The molecule has 7 heteroatoms. The van der Waals surface area contributed by atoms with Gasteiger partial charge in [0.05, 0.1) is 0 Å². The van der Waals surface area contributed by atoms with E-state index in [1.165, 1.54) is 12.1 Å². The maximum absolute atomic E-state index is 12.1. The zero-order valence-electron chi connectivity index (χ0n) is 10.5. The summed E-state index contributed by atoms with van der Waals surface area (Å²) >= 11 is 5.95. The number of amides is 1. The van der Waals surface area contributed by atoms with E-state index in [9.17, 15) is 18.0 Å². The molecule has 0 saturated carbocycles. The maximum atomic E-state index is 12.1. The minimum absolute atomic E-state index is 0.0848. The number of ether oxygens (including phenoxy) is 1. The summed E-state index contributed by atoms with van der Waals surface area (Å²) in [7, 11) is 0. The Morgan fingerprint density at radius 3 is 2.25 bits per heavy atom. The first-order valence-corrected chi connectivity index (χ1v) is 6.58. The highest BCUT2D eigenvalue weighted by molar-refractivity contribution is 6.20. The Balaban J connectivity index is 2.00. The second-order valence-electron chi connectivity index (χ2n) is 4.54. The molecule has 1 heterocycles. The molecule has 0 bridgehead atoms. The van der Waals surface area contributed by atoms with Gasteiger partial charge in [-0.05, 0) is 37.1 Å². The van der Waals surface area contributed by atoms with Crippen molar-refractivity contribution >= 4 is 17.5 Å². The Hall–Kier alpha value is -1.43. The molecule has 0 unspecified atom stereocenters. The number of rotatable bonds is 2. The Bertz CT molecular complexity index is 467. The van der Waals surface area contributed by atoms with Crippen molar-refractivity contribution in [3.8, 4) is 5.75 Å². The average molecular weight is 308 g/mol. The van der Waals surface area contributed by atoms with Gasteiger partial charge in [-0.25, -0.2) is 0 Å². The lowest BCUT2D eigenvalue weighted by Crippen LogP contribution is -2.38. The first-order chi connectivity index (χ1) is 9.35. The summed E-state index contributed by atoms with van der Waals surface area (Å²) in [5, 5.41) is 0.0848. The van der Waals surface area contributed by atoms with Crippen LogP contribution in [0, 0.1) is 0 Å². The molecular weight excluding hydrogens is 295 g/mol. The van der Waals surface area contributed by atoms with E-state index in [-0.39, 0.29) is 17.0 Å². The standard InChI is InChI=1S/C13H13ClF3NO2/c14-10-5-7-18(8-6-10)12(19)9-1-3-11(4-2-9)20-13(15,16)17/h1-4,10H,5-8H2. The van der Waals surface area contributed by atoms with Crippen molar-refractivity contribution in [1.82, 2.24) is 4.90 Å². The van der Waals surface area contributed by atoms with Crippen LogP contribution in [0.5, 0.6) is 5.75 Å². The second kappa shape index (κ2) is 5.91. The van der Waals surface area contributed by atoms with E-state index in [1.54, 1.807) is 4.90 Å². The van der Waals surface area contributed by atoms with Crippen LogP contribution in [0.1, 0.15) is 23.2 Å². The zero-order valence-corrected chi connectivity index (χ0v) is 11.2. The molecule has 0 N–H and O–H groups in total. The van der Waals surface area contributed by atoms with Crippen LogP contribution in [0.25, 0.3) is 0 Å². The smallest absolute Gasteiger partial charge is 0.406 e. The molecule has 2 rings (SSSR count). The predicted molar refractivity (Wildman–Crippen MR) is 67.9 cm³/mol. The van der Waals surface area contributed by atoms with Crippen molar-refractivity contribution in [1.29, 1.82) is 0 Å². The van der Waals surface area contributed by atoms with E-state index < -0.39 is 6.36 Å². The van der Waals surface area contributed by atoms with E-state index >= 15 is 0 Å². The van der Waals surface area contributed by atoms with Gasteiger partial charge in [0.1, 0.15) is 5.75 Å². The lowest BCUT2D eigenvalue weighted by atomic mass is 10.1. The molecule has 1 aliphatic heterocycles. The first kappa shape index (κ1) is 15.0. The summed E-state index contributed by atoms with van der Waals surface area (Å²) in [6.45, 7) is 1.13. The number of carbonyl (C=O) groups is 1. The van der Waals surface area contributed by atoms with Crippen molar-refractivity contribution in [2.45, 2.75) is 24.6 Å². The van der Waals surface area contributed by atoms with Crippen LogP contribution in [0.3, 0.4) is 0 Å². The predicted octanol–water partition coefficient (Wildman–Crippen LogP) is 3.43. The first-order valence-electron chi connectivity index (χ1n) is 6.14. The minimum atomic E-state index is -4.73. The molecule has 3 nitrogen and oxygen atoms in total. The number of hydrogen-bond acceptors (Lipinski definition) is 2. The van der Waals surface area contributed by atoms with Gasteiger partial charge in [-0.2, -0.15) is 0 Å². The maximum Gasteiger partial charge on any atom is 0.573 e. The van der Waals surface area contributed by atoms with Crippen molar-refractivity contribution in [2.75, 3.05) is 13.1 Å². The second-order valence-corrected chi connectivity index (χ2v) is 5.16. The Labute approximate surface area is 119 Å². The molecule has 1 aliphatic rings. The SMILES string of the molecule is O=C(c1ccc(OC(F)(F)F)cc1)N1CCC(Cl)CC1. The number of hydrogen-bond donors (Lipinski definition) is 0. The van der Waals surface area contributed by atoms with Gasteiger partial charge in [-0.1, -0.05) is 0 Å². The highest BCUT2D eigenvalue weighted by Crippen LogP contribution is 2.24. The van der Waals surface area contributed by atoms with Gasteiger partial charge in [0.25, 0.3) is 5.91 Å². The average Bonchev–Trinajstić information content (AvgIpc) is 2.38. The quantitative estimate of drug-likeness (QED) is 0.783. The van der Waals surface area contributed by atoms with Gasteiger partial charge in [0.15, 0.2) is 0 Å². The Kier molecular flexibility index (Phi) is 4.42. The van der Waals surface area contributed by atoms with Gasteiger partial charge >= 0.3 is 6.36 Å². The van der Waals surface area contributed by atoms with Gasteiger partial charge in [-0.3, -0.25) is 4.79 Å². The van der Waals surface area contributed by atoms with Crippen LogP contribution in [-0.2, 0) is 0 Å². The number of alkyl halides is 4. The topological polar surface area (TPSA) is 29.5 Å². The van der Waals surface area contributed by atoms with Crippen molar-refractivity contribution < 1.29 is 22.7 Å².